The van der Waals surface area contributed by atoms with E-state index < -0.39 is 9.84 Å². The number of amides is 1. The zero-order valence-electron chi connectivity index (χ0n) is 17.4. The van der Waals surface area contributed by atoms with Crippen molar-refractivity contribution in [3.05, 3.63) is 71.3 Å². The molecule has 0 fully saturated rings. The number of benzene rings is 2. The minimum atomic E-state index is -3.08. The summed E-state index contributed by atoms with van der Waals surface area (Å²) < 4.78 is 23.8. The van der Waals surface area contributed by atoms with Gasteiger partial charge in [0.25, 0.3) is 0 Å². The molecule has 2 aromatic carbocycles. The first-order valence-electron chi connectivity index (χ1n) is 10.1. The number of carbonyl (C=O) groups is 1. The SMILES string of the molecule is CCS(=O)(=O)CC(C)N(C)CC(=O)N1Cc2ccccc2C(c2ccccc2)C1. The monoisotopic (exact) mass is 414 g/mol. The molecule has 29 heavy (non-hydrogen) atoms. The van der Waals surface area contributed by atoms with Crippen molar-refractivity contribution in [3.8, 4) is 0 Å². The first-order chi connectivity index (χ1) is 13.8. The molecule has 1 aliphatic heterocycles. The minimum Gasteiger partial charge on any atom is -0.336 e. The van der Waals surface area contributed by atoms with Crippen LogP contribution in [-0.2, 0) is 21.2 Å². The zero-order chi connectivity index (χ0) is 21.0. The molecule has 0 radical (unpaired) electrons. The Morgan fingerprint density at radius 1 is 1.14 bits per heavy atom. The predicted octanol–water partition coefficient (Wildman–Crippen LogP) is 2.92. The maximum absolute atomic E-state index is 13.1. The molecule has 1 amide bonds. The van der Waals surface area contributed by atoms with Gasteiger partial charge in [0.05, 0.1) is 12.3 Å². The van der Waals surface area contributed by atoms with Gasteiger partial charge in [0, 0.05) is 30.8 Å². The van der Waals surface area contributed by atoms with E-state index >= 15 is 0 Å². The molecule has 1 heterocycles. The Morgan fingerprint density at radius 3 is 2.48 bits per heavy atom. The molecule has 156 valence electrons. The van der Waals surface area contributed by atoms with Crippen molar-refractivity contribution < 1.29 is 13.2 Å². The van der Waals surface area contributed by atoms with E-state index in [1.165, 1.54) is 16.7 Å². The van der Waals surface area contributed by atoms with Gasteiger partial charge in [-0.15, -0.1) is 0 Å². The van der Waals surface area contributed by atoms with E-state index in [0.29, 0.717) is 13.1 Å². The summed E-state index contributed by atoms with van der Waals surface area (Å²) in [5, 5.41) is 0. The van der Waals surface area contributed by atoms with Gasteiger partial charge in [0.15, 0.2) is 9.84 Å². The fraction of sp³-hybridized carbons (Fsp3) is 0.435. The molecule has 0 N–H and O–H groups in total. The van der Waals surface area contributed by atoms with E-state index in [9.17, 15) is 13.2 Å². The number of nitrogens with zero attached hydrogens (tertiary/aromatic N) is 2. The molecule has 0 saturated heterocycles. The van der Waals surface area contributed by atoms with Crippen molar-refractivity contribution in [2.24, 2.45) is 0 Å². The minimum absolute atomic E-state index is 0.0312. The summed E-state index contributed by atoms with van der Waals surface area (Å²) in [6.07, 6.45) is 0. The Morgan fingerprint density at radius 2 is 1.79 bits per heavy atom. The van der Waals surface area contributed by atoms with E-state index in [4.69, 9.17) is 0 Å². The zero-order valence-corrected chi connectivity index (χ0v) is 18.2. The van der Waals surface area contributed by atoms with Crippen molar-refractivity contribution in [1.82, 2.24) is 9.80 Å². The molecule has 1 aliphatic rings. The van der Waals surface area contributed by atoms with Crippen LogP contribution in [0.25, 0.3) is 0 Å². The van der Waals surface area contributed by atoms with Crippen LogP contribution in [-0.4, -0.2) is 61.8 Å². The van der Waals surface area contributed by atoms with Crippen LogP contribution in [0.15, 0.2) is 54.6 Å². The Kier molecular flexibility index (Phi) is 6.75. The van der Waals surface area contributed by atoms with Crippen LogP contribution in [0.1, 0.15) is 36.5 Å². The molecule has 2 unspecified atom stereocenters. The molecule has 2 aromatic rings. The first-order valence-corrected chi connectivity index (χ1v) is 11.9. The third kappa shape index (κ3) is 5.25. The normalized spacial score (nSPS) is 17.8. The summed E-state index contributed by atoms with van der Waals surface area (Å²) >= 11 is 0. The number of hydrogen-bond acceptors (Lipinski definition) is 4. The Labute approximate surface area is 174 Å². The molecule has 0 bridgehead atoms. The maximum atomic E-state index is 13.1. The molecular weight excluding hydrogens is 384 g/mol. The van der Waals surface area contributed by atoms with E-state index in [0.717, 1.165) is 0 Å². The highest BCUT2D eigenvalue weighted by atomic mass is 32.2. The second-order valence-corrected chi connectivity index (χ2v) is 10.3. The largest absolute Gasteiger partial charge is 0.336 e. The molecular formula is C23H30N2O3S. The fourth-order valence-corrected chi connectivity index (χ4v) is 5.07. The van der Waals surface area contributed by atoms with Crippen molar-refractivity contribution in [2.45, 2.75) is 32.4 Å². The lowest BCUT2D eigenvalue weighted by molar-refractivity contribution is -0.133. The van der Waals surface area contributed by atoms with Crippen LogP contribution >= 0.6 is 0 Å². The molecule has 3 rings (SSSR count). The average molecular weight is 415 g/mol. The summed E-state index contributed by atoms with van der Waals surface area (Å²) in [7, 11) is -1.26. The number of fused-ring (bicyclic) bond motifs is 1. The van der Waals surface area contributed by atoms with E-state index in [1.54, 1.807) is 6.92 Å². The van der Waals surface area contributed by atoms with E-state index in [2.05, 4.69) is 30.3 Å². The van der Waals surface area contributed by atoms with Gasteiger partial charge >= 0.3 is 0 Å². The third-order valence-electron chi connectivity index (χ3n) is 5.82. The predicted molar refractivity (Wildman–Crippen MR) is 117 cm³/mol. The molecule has 6 heteroatoms. The number of carbonyl (C=O) groups excluding carboxylic acids is 1. The van der Waals surface area contributed by atoms with Crippen LogP contribution in [0.5, 0.6) is 0 Å². The van der Waals surface area contributed by atoms with Crippen LogP contribution in [0.2, 0.25) is 0 Å². The van der Waals surface area contributed by atoms with Gasteiger partial charge in [0.1, 0.15) is 0 Å². The lowest BCUT2D eigenvalue weighted by atomic mass is 9.84. The quantitative estimate of drug-likeness (QED) is 0.699. The standard InChI is InChI=1S/C23H30N2O3S/c1-4-29(27,28)17-18(2)24(3)16-23(26)25-14-20-12-8-9-13-21(20)22(15-25)19-10-6-5-7-11-19/h5-13,18,22H,4,14-17H2,1-3H3. The smallest absolute Gasteiger partial charge is 0.237 e. The summed E-state index contributed by atoms with van der Waals surface area (Å²) in [6, 6.07) is 18.4. The number of rotatable bonds is 7. The summed E-state index contributed by atoms with van der Waals surface area (Å²) in [6.45, 7) is 4.95. The van der Waals surface area contributed by atoms with Gasteiger partial charge in [0.2, 0.25) is 5.91 Å². The molecule has 0 aromatic heterocycles. The first kappa shape index (κ1) is 21.5. The van der Waals surface area contributed by atoms with Gasteiger partial charge < -0.3 is 4.90 Å². The lowest BCUT2D eigenvalue weighted by Crippen LogP contribution is -2.46. The van der Waals surface area contributed by atoms with Crippen molar-refractivity contribution in [3.63, 3.8) is 0 Å². The lowest BCUT2D eigenvalue weighted by Gasteiger charge is -2.36. The topological polar surface area (TPSA) is 57.7 Å². The summed E-state index contributed by atoms with van der Waals surface area (Å²) in [4.78, 5) is 16.8. The Bertz CT molecular complexity index is 944. The van der Waals surface area contributed by atoms with Crippen LogP contribution in [0, 0.1) is 0 Å². The number of sulfone groups is 1. The summed E-state index contributed by atoms with van der Waals surface area (Å²) in [5.41, 5.74) is 3.65. The molecule has 0 aliphatic carbocycles. The van der Waals surface area contributed by atoms with Crippen LogP contribution < -0.4 is 0 Å². The van der Waals surface area contributed by atoms with E-state index in [1.807, 2.05) is 48.0 Å². The molecule has 2 atom stereocenters. The highest BCUT2D eigenvalue weighted by molar-refractivity contribution is 7.91. The average Bonchev–Trinajstić information content (AvgIpc) is 2.73. The highest BCUT2D eigenvalue weighted by Gasteiger charge is 2.30. The van der Waals surface area contributed by atoms with Gasteiger partial charge in [-0.1, -0.05) is 61.5 Å². The third-order valence-corrected chi connectivity index (χ3v) is 7.69. The van der Waals surface area contributed by atoms with E-state index in [-0.39, 0.29) is 35.9 Å². The maximum Gasteiger partial charge on any atom is 0.237 e. The molecule has 0 spiro atoms. The van der Waals surface area contributed by atoms with Gasteiger partial charge in [-0.25, -0.2) is 8.42 Å². The van der Waals surface area contributed by atoms with Crippen molar-refractivity contribution >= 4 is 15.7 Å². The van der Waals surface area contributed by atoms with Crippen LogP contribution in [0.4, 0.5) is 0 Å². The Hall–Kier alpha value is -2.18. The molecule has 5 nitrogen and oxygen atoms in total. The second kappa shape index (κ2) is 9.09. The number of hydrogen-bond donors (Lipinski definition) is 0. The second-order valence-electron chi connectivity index (χ2n) is 7.90. The highest BCUT2D eigenvalue weighted by Crippen LogP contribution is 2.33. The number of likely N-dealkylation sites (N-methyl/N-ethyl adjacent to an activating group) is 1. The van der Waals surface area contributed by atoms with Crippen molar-refractivity contribution in [2.75, 3.05) is 31.6 Å². The Balaban J connectivity index is 1.75. The van der Waals surface area contributed by atoms with Crippen molar-refractivity contribution in [1.29, 1.82) is 0 Å². The van der Waals surface area contributed by atoms with Gasteiger partial charge in [-0.05, 0) is 30.7 Å². The summed E-state index contributed by atoms with van der Waals surface area (Å²) in [5.74, 6) is 0.376. The van der Waals surface area contributed by atoms with Crippen LogP contribution in [0.3, 0.4) is 0 Å². The van der Waals surface area contributed by atoms with Gasteiger partial charge in [-0.3, -0.25) is 9.69 Å². The van der Waals surface area contributed by atoms with Gasteiger partial charge in [-0.2, -0.15) is 0 Å². The molecule has 0 saturated carbocycles. The fourth-order valence-electron chi connectivity index (χ4n) is 3.85.